The van der Waals surface area contributed by atoms with Crippen molar-refractivity contribution in [2.45, 2.75) is 45.8 Å². The van der Waals surface area contributed by atoms with Crippen LogP contribution in [0.3, 0.4) is 0 Å². The second-order valence-corrected chi connectivity index (χ2v) is 12.4. The molecule has 4 heterocycles. The van der Waals surface area contributed by atoms with Crippen LogP contribution in [0.25, 0.3) is 22.0 Å². The Labute approximate surface area is 244 Å². The number of carbonyl (C=O) groups is 2. The number of carbonyl (C=O) groups excluding carboxylic acids is 2. The third-order valence-electron chi connectivity index (χ3n) is 7.02. The lowest BCUT2D eigenvalue weighted by Crippen LogP contribution is -2.43. The second kappa shape index (κ2) is 12.5. The topological polar surface area (TPSA) is 117 Å². The van der Waals surface area contributed by atoms with Crippen LogP contribution in [0.5, 0.6) is 0 Å². The minimum Gasteiger partial charge on any atom is -0.444 e. The lowest BCUT2D eigenvalue weighted by Gasteiger charge is -2.32. The molecule has 2 amide bonds. The molecule has 2 N–H and O–H groups in total. The van der Waals surface area contributed by atoms with Crippen LogP contribution in [0, 0.1) is 5.92 Å². The highest BCUT2D eigenvalue weighted by molar-refractivity contribution is 7.15. The fourth-order valence-corrected chi connectivity index (χ4v) is 5.70. The van der Waals surface area contributed by atoms with Crippen LogP contribution in [-0.4, -0.2) is 77.0 Å². The first kappa shape index (κ1) is 29.0. The van der Waals surface area contributed by atoms with Gasteiger partial charge in [-0.15, -0.1) is 11.3 Å². The van der Waals surface area contributed by atoms with Crippen molar-refractivity contribution < 1.29 is 24.2 Å². The molecule has 2 aromatic heterocycles. The SMILES string of the molecule is CC(C)(C)OC(=O)N1CCC(C(=O)Nc2cccc(-c3nc(-c4ccc(CO)s4)cc(N4CCOCC4)n3)c2)CC1. The summed E-state index contributed by atoms with van der Waals surface area (Å²) in [6, 6.07) is 13.4. The minimum atomic E-state index is -0.547. The van der Waals surface area contributed by atoms with E-state index in [-0.39, 0.29) is 24.5 Å². The standard InChI is InChI=1S/C30H37N5O5S/c1-30(2,3)40-29(38)35-11-9-20(10-12-35)28(37)31-22-6-4-5-21(17-22)27-32-24(25-8-7-23(19-36)41-25)18-26(33-27)34-13-15-39-16-14-34/h4-8,17-18,20,36H,9-16,19H2,1-3H3,(H,31,37). The average molecular weight is 580 g/mol. The van der Waals surface area contributed by atoms with Gasteiger partial charge in [-0.3, -0.25) is 4.79 Å². The Morgan fingerprint density at radius 2 is 1.83 bits per heavy atom. The van der Waals surface area contributed by atoms with Crippen molar-refractivity contribution in [3.63, 3.8) is 0 Å². The van der Waals surface area contributed by atoms with E-state index in [9.17, 15) is 14.7 Å². The smallest absolute Gasteiger partial charge is 0.410 e. The summed E-state index contributed by atoms with van der Waals surface area (Å²) in [5, 5.41) is 12.6. The quantitative estimate of drug-likeness (QED) is 0.428. The summed E-state index contributed by atoms with van der Waals surface area (Å²) in [6.07, 6.45) is 0.822. The van der Waals surface area contributed by atoms with Crippen LogP contribution in [0.1, 0.15) is 38.5 Å². The van der Waals surface area contributed by atoms with E-state index in [4.69, 9.17) is 19.4 Å². The Morgan fingerprint density at radius 1 is 1.07 bits per heavy atom. The van der Waals surface area contributed by atoms with Crippen molar-refractivity contribution in [1.82, 2.24) is 14.9 Å². The second-order valence-electron chi connectivity index (χ2n) is 11.3. The molecule has 0 radical (unpaired) electrons. The number of ether oxygens (including phenoxy) is 2. The maximum Gasteiger partial charge on any atom is 0.410 e. The first-order valence-electron chi connectivity index (χ1n) is 14.0. The average Bonchev–Trinajstić information content (AvgIpc) is 3.46. The third kappa shape index (κ3) is 7.41. The molecule has 41 heavy (non-hydrogen) atoms. The summed E-state index contributed by atoms with van der Waals surface area (Å²) < 4.78 is 11.0. The number of amides is 2. The van der Waals surface area contributed by atoms with Crippen LogP contribution in [0.15, 0.2) is 42.5 Å². The first-order chi connectivity index (χ1) is 19.7. The Balaban J connectivity index is 1.32. The summed E-state index contributed by atoms with van der Waals surface area (Å²) in [4.78, 5) is 41.0. The monoisotopic (exact) mass is 579 g/mol. The van der Waals surface area contributed by atoms with Gasteiger partial charge in [0.05, 0.1) is 30.4 Å². The van der Waals surface area contributed by atoms with Crippen LogP contribution in [0.4, 0.5) is 16.3 Å². The molecule has 0 unspecified atom stereocenters. The zero-order valence-electron chi connectivity index (χ0n) is 23.8. The third-order valence-corrected chi connectivity index (χ3v) is 8.12. The van der Waals surface area contributed by atoms with Crippen LogP contribution in [0.2, 0.25) is 0 Å². The summed E-state index contributed by atoms with van der Waals surface area (Å²) in [7, 11) is 0. The number of hydrogen-bond acceptors (Lipinski definition) is 9. The highest BCUT2D eigenvalue weighted by Gasteiger charge is 2.30. The maximum absolute atomic E-state index is 13.1. The lowest BCUT2D eigenvalue weighted by atomic mass is 9.96. The van der Waals surface area contributed by atoms with Crippen molar-refractivity contribution in [3.05, 3.63) is 47.3 Å². The molecule has 0 saturated carbocycles. The molecule has 3 aromatic rings. The molecule has 0 bridgehead atoms. The number of thiophene rings is 1. The highest BCUT2D eigenvalue weighted by atomic mass is 32.1. The predicted molar refractivity (Wildman–Crippen MR) is 159 cm³/mol. The number of aliphatic hydroxyl groups is 1. The van der Waals surface area contributed by atoms with Crippen LogP contribution < -0.4 is 10.2 Å². The first-order valence-corrected chi connectivity index (χ1v) is 14.8. The van der Waals surface area contributed by atoms with Crippen molar-refractivity contribution in [1.29, 1.82) is 0 Å². The molecule has 0 aliphatic carbocycles. The van der Waals surface area contributed by atoms with E-state index < -0.39 is 5.60 Å². The number of aromatic nitrogens is 2. The van der Waals surface area contributed by atoms with Gasteiger partial charge in [-0.1, -0.05) is 12.1 Å². The van der Waals surface area contributed by atoms with Gasteiger partial charge in [0.15, 0.2) is 5.82 Å². The van der Waals surface area contributed by atoms with Gasteiger partial charge < -0.3 is 29.7 Å². The number of nitrogens with one attached hydrogen (secondary N) is 1. The van der Waals surface area contributed by atoms with Gasteiger partial charge in [-0.05, 0) is 57.9 Å². The molecule has 2 saturated heterocycles. The highest BCUT2D eigenvalue weighted by Crippen LogP contribution is 2.32. The fraction of sp³-hybridized carbons (Fsp3) is 0.467. The van der Waals surface area contributed by atoms with Crippen LogP contribution in [-0.2, 0) is 20.9 Å². The Bertz CT molecular complexity index is 1370. The van der Waals surface area contributed by atoms with E-state index >= 15 is 0 Å². The number of aliphatic hydroxyl groups excluding tert-OH is 1. The summed E-state index contributed by atoms with van der Waals surface area (Å²) >= 11 is 1.50. The van der Waals surface area contributed by atoms with E-state index in [1.165, 1.54) is 11.3 Å². The molecule has 2 aliphatic heterocycles. The number of likely N-dealkylation sites (tertiary alicyclic amines) is 1. The number of nitrogens with zero attached hydrogens (tertiary/aromatic N) is 4. The van der Waals surface area contributed by atoms with E-state index in [0.717, 1.165) is 39.9 Å². The summed E-state index contributed by atoms with van der Waals surface area (Å²) in [5.74, 6) is 1.12. The van der Waals surface area contributed by atoms with Gasteiger partial charge in [0, 0.05) is 54.3 Å². The van der Waals surface area contributed by atoms with E-state index in [0.29, 0.717) is 50.7 Å². The van der Waals surface area contributed by atoms with Gasteiger partial charge in [0.25, 0.3) is 0 Å². The Kier molecular flexibility index (Phi) is 8.86. The molecule has 218 valence electrons. The summed E-state index contributed by atoms with van der Waals surface area (Å²) in [5.41, 5.74) is 1.70. The van der Waals surface area contributed by atoms with Crippen molar-refractivity contribution in [3.8, 4) is 22.0 Å². The largest absolute Gasteiger partial charge is 0.444 e. The van der Waals surface area contributed by atoms with Crippen LogP contribution >= 0.6 is 11.3 Å². The maximum atomic E-state index is 13.1. The zero-order chi connectivity index (χ0) is 29.0. The molecule has 11 heteroatoms. The number of hydrogen-bond donors (Lipinski definition) is 2. The van der Waals surface area contributed by atoms with E-state index in [1.807, 2.05) is 63.2 Å². The van der Waals surface area contributed by atoms with Crippen molar-refractivity contribution >= 4 is 34.8 Å². The normalized spacial score (nSPS) is 16.5. The molecule has 0 atom stereocenters. The summed E-state index contributed by atoms with van der Waals surface area (Å²) in [6.45, 7) is 9.26. The zero-order valence-corrected chi connectivity index (χ0v) is 24.6. The van der Waals surface area contributed by atoms with E-state index in [1.54, 1.807) is 4.90 Å². The number of rotatable bonds is 6. The van der Waals surface area contributed by atoms with Gasteiger partial charge in [-0.2, -0.15) is 0 Å². The van der Waals surface area contributed by atoms with E-state index in [2.05, 4.69) is 10.2 Å². The fourth-order valence-electron chi connectivity index (χ4n) is 4.88. The Morgan fingerprint density at radius 3 is 2.51 bits per heavy atom. The molecular formula is C30H37N5O5S. The van der Waals surface area contributed by atoms with Gasteiger partial charge >= 0.3 is 6.09 Å². The molecular weight excluding hydrogens is 542 g/mol. The molecule has 1 aromatic carbocycles. The molecule has 0 spiro atoms. The van der Waals surface area contributed by atoms with Crippen molar-refractivity contribution in [2.24, 2.45) is 5.92 Å². The number of piperidine rings is 1. The minimum absolute atomic E-state index is 0.0132. The Hall–Kier alpha value is -3.54. The molecule has 2 fully saturated rings. The molecule has 10 nitrogen and oxygen atoms in total. The lowest BCUT2D eigenvalue weighted by molar-refractivity contribution is -0.121. The molecule has 2 aliphatic rings. The predicted octanol–water partition coefficient (Wildman–Crippen LogP) is 4.79. The number of anilines is 2. The van der Waals surface area contributed by atoms with Gasteiger partial charge in [0.1, 0.15) is 11.4 Å². The number of morpholine rings is 1. The van der Waals surface area contributed by atoms with Gasteiger partial charge in [-0.25, -0.2) is 14.8 Å². The molecule has 5 rings (SSSR count). The van der Waals surface area contributed by atoms with Crippen molar-refractivity contribution in [2.75, 3.05) is 49.6 Å². The number of benzene rings is 1. The van der Waals surface area contributed by atoms with Gasteiger partial charge in [0.2, 0.25) is 5.91 Å².